The van der Waals surface area contributed by atoms with Crippen molar-refractivity contribution in [2.75, 3.05) is 38.7 Å². The van der Waals surface area contributed by atoms with Gasteiger partial charge in [-0.25, -0.2) is 4.72 Å². The molecule has 5 nitrogen and oxygen atoms in total. The molecule has 1 atom stereocenters. The number of thioether (sulfide) groups is 1. The summed E-state index contributed by atoms with van der Waals surface area (Å²) in [6.07, 6.45) is 5.94. The van der Waals surface area contributed by atoms with E-state index in [9.17, 15) is 8.42 Å². The lowest BCUT2D eigenvalue weighted by Gasteiger charge is -2.34. The normalized spacial score (nSPS) is 22.2. The third-order valence-electron chi connectivity index (χ3n) is 3.13. The first-order chi connectivity index (χ1) is 8.61. The summed E-state index contributed by atoms with van der Waals surface area (Å²) in [4.78, 5) is 0. The Hall–Kier alpha value is 0.180. The molecule has 0 amide bonds. The Morgan fingerprint density at radius 1 is 1.39 bits per heavy atom. The highest BCUT2D eigenvalue weighted by Crippen LogP contribution is 2.19. The second-order valence-electron chi connectivity index (χ2n) is 4.56. The minimum absolute atomic E-state index is 0.0989. The Morgan fingerprint density at radius 3 is 2.83 bits per heavy atom. The molecule has 1 fully saturated rings. The topological polar surface area (TPSA) is 61.4 Å². The molecule has 1 saturated heterocycles. The highest BCUT2D eigenvalue weighted by Gasteiger charge is 2.31. The zero-order valence-corrected chi connectivity index (χ0v) is 12.9. The van der Waals surface area contributed by atoms with Gasteiger partial charge >= 0.3 is 0 Å². The van der Waals surface area contributed by atoms with Crippen molar-refractivity contribution in [3.8, 4) is 0 Å². The summed E-state index contributed by atoms with van der Waals surface area (Å²) in [6.45, 7) is 1.90. The van der Waals surface area contributed by atoms with Crippen molar-refractivity contribution >= 4 is 22.0 Å². The SMILES string of the molecule is CNCC1CCCCN1S(=O)(=O)NCCCSC. The summed E-state index contributed by atoms with van der Waals surface area (Å²) in [6, 6.07) is 0.0989. The standard InChI is InChI=1S/C11H25N3O2S2/c1-12-10-11-6-3-4-8-14(11)18(15,16)13-7-5-9-17-2/h11-13H,3-10H2,1-2H3. The predicted molar refractivity (Wildman–Crippen MR) is 78.2 cm³/mol. The Kier molecular flexibility index (Phi) is 7.55. The molecular weight excluding hydrogens is 270 g/mol. The van der Waals surface area contributed by atoms with Gasteiger partial charge in [0.25, 0.3) is 10.2 Å². The summed E-state index contributed by atoms with van der Waals surface area (Å²) < 4.78 is 28.8. The van der Waals surface area contributed by atoms with E-state index < -0.39 is 10.2 Å². The number of likely N-dealkylation sites (N-methyl/N-ethyl adjacent to an activating group) is 1. The largest absolute Gasteiger partial charge is 0.318 e. The molecule has 0 aromatic rings. The van der Waals surface area contributed by atoms with Gasteiger partial charge in [0, 0.05) is 25.7 Å². The van der Waals surface area contributed by atoms with Crippen molar-refractivity contribution in [2.45, 2.75) is 31.7 Å². The van der Waals surface area contributed by atoms with Crippen molar-refractivity contribution in [2.24, 2.45) is 0 Å². The minimum atomic E-state index is -3.30. The number of rotatable bonds is 8. The van der Waals surface area contributed by atoms with Crippen LogP contribution in [0.2, 0.25) is 0 Å². The maximum atomic E-state index is 12.2. The molecule has 1 aliphatic rings. The van der Waals surface area contributed by atoms with E-state index >= 15 is 0 Å². The van der Waals surface area contributed by atoms with E-state index in [1.54, 1.807) is 16.1 Å². The Labute approximate surface area is 115 Å². The van der Waals surface area contributed by atoms with Crippen LogP contribution in [0.25, 0.3) is 0 Å². The first-order valence-corrected chi connectivity index (χ1v) is 9.35. The molecule has 0 saturated carbocycles. The van der Waals surface area contributed by atoms with Crippen molar-refractivity contribution in [1.29, 1.82) is 0 Å². The van der Waals surface area contributed by atoms with Crippen LogP contribution in [0.4, 0.5) is 0 Å². The lowest BCUT2D eigenvalue weighted by molar-refractivity contribution is 0.246. The van der Waals surface area contributed by atoms with E-state index in [1.807, 2.05) is 13.3 Å². The molecule has 1 aliphatic heterocycles. The lowest BCUT2D eigenvalue weighted by Crippen LogP contribution is -2.52. The predicted octanol–water partition coefficient (Wildman–Crippen LogP) is 0.648. The van der Waals surface area contributed by atoms with Gasteiger partial charge in [0.2, 0.25) is 0 Å². The van der Waals surface area contributed by atoms with Gasteiger partial charge in [-0.3, -0.25) is 0 Å². The molecule has 0 aromatic carbocycles. The summed E-state index contributed by atoms with van der Waals surface area (Å²) in [7, 11) is -1.43. The summed E-state index contributed by atoms with van der Waals surface area (Å²) in [5.74, 6) is 0.989. The molecular formula is C11H25N3O2S2. The number of piperidine rings is 1. The van der Waals surface area contributed by atoms with Gasteiger partial charge in [-0.15, -0.1) is 0 Å². The average Bonchev–Trinajstić information content (AvgIpc) is 2.36. The third-order valence-corrected chi connectivity index (χ3v) is 5.50. The third kappa shape index (κ3) is 5.05. The molecule has 1 unspecified atom stereocenters. The van der Waals surface area contributed by atoms with Crippen LogP contribution in [0.15, 0.2) is 0 Å². The van der Waals surface area contributed by atoms with Gasteiger partial charge in [0.1, 0.15) is 0 Å². The van der Waals surface area contributed by atoms with Crippen molar-refractivity contribution < 1.29 is 8.42 Å². The fourth-order valence-electron chi connectivity index (χ4n) is 2.23. The molecule has 2 N–H and O–H groups in total. The fraction of sp³-hybridized carbons (Fsp3) is 1.00. The Bertz CT molecular complexity index is 320. The van der Waals surface area contributed by atoms with Gasteiger partial charge in [-0.1, -0.05) is 6.42 Å². The van der Waals surface area contributed by atoms with Crippen molar-refractivity contribution in [1.82, 2.24) is 14.3 Å². The summed E-state index contributed by atoms with van der Waals surface area (Å²) in [5, 5.41) is 3.08. The molecule has 0 aliphatic carbocycles. The van der Waals surface area contributed by atoms with E-state index in [0.717, 1.165) is 38.0 Å². The summed E-state index contributed by atoms with van der Waals surface area (Å²) >= 11 is 1.74. The van der Waals surface area contributed by atoms with Crippen LogP contribution in [0.1, 0.15) is 25.7 Å². The smallest absolute Gasteiger partial charge is 0.279 e. The Morgan fingerprint density at radius 2 is 2.17 bits per heavy atom. The van der Waals surface area contributed by atoms with Crippen LogP contribution in [-0.2, 0) is 10.2 Å². The number of hydrogen-bond donors (Lipinski definition) is 2. The molecule has 0 radical (unpaired) electrons. The van der Waals surface area contributed by atoms with E-state index in [1.165, 1.54) is 0 Å². The highest BCUT2D eigenvalue weighted by atomic mass is 32.2. The van der Waals surface area contributed by atoms with Crippen LogP contribution >= 0.6 is 11.8 Å². The van der Waals surface area contributed by atoms with Crippen LogP contribution in [-0.4, -0.2) is 57.5 Å². The second-order valence-corrected chi connectivity index (χ2v) is 7.26. The van der Waals surface area contributed by atoms with E-state index in [-0.39, 0.29) is 6.04 Å². The number of nitrogens with zero attached hydrogens (tertiary/aromatic N) is 1. The zero-order chi connectivity index (χ0) is 13.4. The van der Waals surface area contributed by atoms with Crippen molar-refractivity contribution in [3.05, 3.63) is 0 Å². The van der Waals surface area contributed by atoms with E-state index in [2.05, 4.69) is 10.0 Å². The van der Waals surface area contributed by atoms with Crippen molar-refractivity contribution in [3.63, 3.8) is 0 Å². The first-order valence-electron chi connectivity index (χ1n) is 6.51. The molecule has 1 rings (SSSR count). The number of hydrogen-bond acceptors (Lipinski definition) is 4. The van der Waals surface area contributed by atoms with Crippen LogP contribution in [0.3, 0.4) is 0 Å². The molecule has 0 bridgehead atoms. The summed E-state index contributed by atoms with van der Waals surface area (Å²) in [5.41, 5.74) is 0. The molecule has 0 aromatic heterocycles. The number of nitrogens with one attached hydrogen (secondary N) is 2. The molecule has 18 heavy (non-hydrogen) atoms. The van der Waals surface area contributed by atoms with Gasteiger partial charge in [-0.05, 0) is 38.3 Å². The quantitative estimate of drug-likeness (QED) is 0.646. The maximum Gasteiger partial charge on any atom is 0.279 e. The average molecular weight is 295 g/mol. The van der Waals surface area contributed by atoms with E-state index in [0.29, 0.717) is 13.1 Å². The minimum Gasteiger partial charge on any atom is -0.318 e. The maximum absolute atomic E-state index is 12.2. The van der Waals surface area contributed by atoms with Gasteiger partial charge in [0.05, 0.1) is 0 Å². The van der Waals surface area contributed by atoms with Crippen LogP contribution in [0.5, 0.6) is 0 Å². The molecule has 0 spiro atoms. The monoisotopic (exact) mass is 295 g/mol. The molecule has 108 valence electrons. The highest BCUT2D eigenvalue weighted by molar-refractivity contribution is 7.98. The van der Waals surface area contributed by atoms with Gasteiger partial charge < -0.3 is 5.32 Å². The second kappa shape index (κ2) is 8.37. The van der Waals surface area contributed by atoms with Gasteiger partial charge in [0.15, 0.2) is 0 Å². The lowest BCUT2D eigenvalue weighted by atomic mass is 10.1. The van der Waals surface area contributed by atoms with E-state index in [4.69, 9.17) is 0 Å². The molecule has 7 heteroatoms. The fourth-order valence-corrected chi connectivity index (χ4v) is 4.17. The van der Waals surface area contributed by atoms with Gasteiger partial charge in [-0.2, -0.15) is 24.5 Å². The van der Waals surface area contributed by atoms with Crippen LogP contribution in [0, 0.1) is 0 Å². The first kappa shape index (κ1) is 16.2. The molecule has 1 heterocycles. The van der Waals surface area contributed by atoms with Crippen LogP contribution < -0.4 is 10.0 Å². The Balaban J connectivity index is 2.52. The zero-order valence-electron chi connectivity index (χ0n) is 11.3.